The van der Waals surface area contributed by atoms with Crippen LogP contribution in [0.2, 0.25) is 0 Å². The van der Waals surface area contributed by atoms with Crippen molar-refractivity contribution in [3.8, 4) is 0 Å². The number of carboxylic acid groups (broad SMARTS) is 2. The number of hydrogen-bond donors (Lipinski definition) is 3. The summed E-state index contributed by atoms with van der Waals surface area (Å²) in [5.41, 5.74) is 0. The van der Waals surface area contributed by atoms with Crippen LogP contribution in [0.15, 0.2) is 0 Å². The fourth-order valence-electron chi connectivity index (χ4n) is 0. The van der Waals surface area contributed by atoms with Gasteiger partial charge >= 0.3 is 6.16 Å². The molecule has 0 bridgehead atoms. The van der Waals surface area contributed by atoms with Gasteiger partial charge in [0.05, 0.1) is 0 Å². The molecule has 0 heterocycles. The molecule has 0 amide bonds. The third-order valence-corrected chi connectivity index (χ3v) is 0.671. The Bertz CT molecular complexity index is 49.2. The first-order valence-electron chi connectivity index (χ1n) is 2.17. The number of rotatable bonds is 1. The standard InChI is InChI=1S/C3H8S.CH2O3/c1-2-3-4;2-1(3)4/h4H,2-3H2,1H3;(H2,2,3,4). The van der Waals surface area contributed by atoms with Crippen molar-refractivity contribution in [3.63, 3.8) is 0 Å². The van der Waals surface area contributed by atoms with E-state index in [0.717, 1.165) is 5.75 Å². The van der Waals surface area contributed by atoms with Gasteiger partial charge in [0.2, 0.25) is 0 Å². The summed E-state index contributed by atoms with van der Waals surface area (Å²) in [5.74, 6) is 1.01. The van der Waals surface area contributed by atoms with E-state index in [1.807, 2.05) is 0 Å². The molecule has 0 aliphatic carbocycles. The van der Waals surface area contributed by atoms with E-state index in [1.54, 1.807) is 0 Å². The van der Waals surface area contributed by atoms with Crippen molar-refractivity contribution in [2.45, 2.75) is 13.3 Å². The first kappa shape index (κ1) is 10.6. The van der Waals surface area contributed by atoms with Crippen LogP contribution in [0, 0.1) is 0 Å². The molecule has 3 nitrogen and oxygen atoms in total. The van der Waals surface area contributed by atoms with E-state index in [0.29, 0.717) is 0 Å². The summed E-state index contributed by atoms with van der Waals surface area (Å²) in [4.78, 5) is 8.56. The quantitative estimate of drug-likeness (QED) is 0.482. The van der Waals surface area contributed by atoms with Crippen molar-refractivity contribution in [2.75, 3.05) is 5.75 Å². The Kier molecular flexibility index (Phi) is 12.9. The average Bonchev–Trinajstić information content (AvgIpc) is 1.65. The number of thiol groups is 1. The normalized spacial score (nSPS) is 6.75. The Hall–Kier alpha value is -0.380. The highest BCUT2D eigenvalue weighted by atomic mass is 32.1. The fourth-order valence-corrected chi connectivity index (χ4v) is 0. The van der Waals surface area contributed by atoms with Crippen LogP contribution in [-0.2, 0) is 0 Å². The van der Waals surface area contributed by atoms with Gasteiger partial charge in [0, 0.05) is 0 Å². The number of carbonyl (C=O) groups is 1. The van der Waals surface area contributed by atoms with Crippen molar-refractivity contribution in [3.05, 3.63) is 0 Å². The van der Waals surface area contributed by atoms with E-state index in [4.69, 9.17) is 15.0 Å². The van der Waals surface area contributed by atoms with E-state index < -0.39 is 6.16 Å². The lowest BCUT2D eigenvalue weighted by atomic mass is 10.6. The zero-order valence-electron chi connectivity index (χ0n) is 4.66. The van der Waals surface area contributed by atoms with Crippen LogP contribution in [0.25, 0.3) is 0 Å². The van der Waals surface area contributed by atoms with Crippen molar-refractivity contribution >= 4 is 18.8 Å². The molecule has 0 saturated carbocycles. The highest BCUT2D eigenvalue weighted by Crippen LogP contribution is 1.74. The molecule has 0 radical (unpaired) electrons. The predicted molar refractivity (Wildman–Crippen MR) is 34.8 cm³/mol. The molecule has 8 heavy (non-hydrogen) atoms. The van der Waals surface area contributed by atoms with Crippen LogP contribution in [0.3, 0.4) is 0 Å². The molecule has 50 valence electrons. The summed E-state index contributed by atoms with van der Waals surface area (Å²) < 4.78 is 0. The SMILES string of the molecule is CCCS.O=C(O)O. The zero-order valence-corrected chi connectivity index (χ0v) is 5.56. The van der Waals surface area contributed by atoms with Gasteiger partial charge in [-0.15, -0.1) is 0 Å². The molecule has 0 aliphatic heterocycles. The molecule has 0 aromatic heterocycles. The van der Waals surface area contributed by atoms with Crippen molar-refractivity contribution < 1.29 is 15.0 Å². The Morgan fingerprint density at radius 2 is 1.75 bits per heavy atom. The van der Waals surface area contributed by atoms with Gasteiger partial charge in [0.25, 0.3) is 0 Å². The molecule has 0 saturated heterocycles. The summed E-state index contributed by atoms with van der Waals surface area (Å²) in [6, 6.07) is 0. The van der Waals surface area contributed by atoms with Crippen molar-refractivity contribution in [2.24, 2.45) is 0 Å². The third-order valence-electron chi connectivity index (χ3n) is 0.224. The first-order chi connectivity index (χ1) is 3.65. The van der Waals surface area contributed by atoms with Gasteiger partial charge in [-0.25, -0.2) is 4.79 Å². The van der Waals surface area contributed by atoms with Gasteiger partial charge in [0.1, 0.15) is 0 Å². The Morgan fingerprint density at radius 3 is 1.75 bits per heavy atom. The molecule has 0 atom stereocenters. The molecule has 0 aromatic carbocycles. The van der Waals surface area contributed by atoms with Gasteiger partial charge in [-0.1, -0.05) is 6.92 Å². The maximum absolute atomic E-state index is 8.56. The average molecular weight is 138 g/mol. The highest BCUT2D eigenvalue weighted by Gasteiger charge is 1.70. The summed E-state index contributed by atoms with van der Waals surface area (Å²) in [6.07, 6.45) is -0.650. The first-order valence-corrected chi connectivity index (χ1v) is 2.81. The Labute approximate surface area is 53.7 Å². The van der Waals surface area contributed by atoms with Crippen LogP contribution in [0.5, 0.6) is 0 Å². The minimum atomic E-state index is -1.83. The Morgan fingerprint density at radius 1 is 1.62 bits per heavy atom. The monoisotopic (exact) mass is 138 g/mol. The molecular weight excluding hydrogens is 128 g/mol. The van der Waals surface area contributed by atoms with Gasteiger partial charge in [0.15, 0.2) is 0 Å². The summed E-state index contributed by atoms with van der Waals surface area (Å²) >= 11 is 3.92. The maximum Gasteiger partial charge on any atom is 0.503 e. The predicted octanol–water partition coefficient (Wildman–Crippen LogP) is 1.55. The molecule has 2 N–H and O–H groups in total. The molecule has 0 spiro atoms. The zero-order chi connectivity index (χ0) is 6.99. The van der Waals surface area contributed by atoms with Crippen LogP contribution < -0.4 is 0 Å². The second-order valence-corrected chi connectivity index (χ2v) is 1.45. The van der Waals surface area contributed by atoms with Gasteiger partial charge in [-0.05, 0) is 12.2 Å². The van der Waals surface area contributed by atoms with Crippen LogP contribution in [0.4, 0.5) is 4.79 Å². The van der Waals surface area contributed by atoms with E-state index in [9.17, 15) is 0 Å². The van der Waals surface area contributed by atoms with Crippen LogP contribution in [-0.4, -0.2) is 22.1 Å². The smallest absolute Gasteiger partial charge is 0.450 e. The van der Waals surface area contributed by atoms with E-state index in [-0.39, 0.29) is 0 Å². The minimum absolute atomic E-state index is 1.01. The van der Waals surface area contributed by atoms with Crippen LogP contribution in [0.1, 0.15) is 13.3 Å². The molecule has 0 unspecified atom stereocenters. The minimum Gasteiger partial charge on any atom is -0.450 e. The summed E-state index contributed by atoms with van der Waals surface area (Å²) in [7, 11) is 0. The summed E-state index contributed by atoms with van der Waals surface area (Å²) in [6.45, 7) is 2.10. The van der Waals surface area contributed by atoms with E-state index in [2.05, 4.69) is 19.6 Å². The fraction of sp³-hybridized carbons (Fsp3) is 0.750. The maximum atomic E-state index is 8.56. The van der Waals surface area contributed by atoms with Crippen molar-refractivity contribution in [1.82, 2.24) is 0 Å². The lowest BCUT2D eigenvalue weighted by Gasteiger charge is -1.67. The highest BCUT2D eigenvalue weighted by molar-refractivity contribution is 7.80. The molecule has 0 aromatic rings. The van der Waals surface area contributed by atoms with Gasteiger partial charge < -0.3 is 10.2 Å². The van der Waals surface area contributed by atoms with E-state index >= 15 is 0 Å². The topological polar surface area (TPSA) is 57.5 Å². The molecule has 0 aliphatic rings. The largest absolute Gasteiger partial charge is 0.503 e. The van der Waals surface area contributed by atoms with Crippen molar-refractivity contribution in [1.29, 1.82) is 0 Å². The molecular formula is C4H10O3S. The van der Waals surface area contributed by atoms with Gasteiger partial charge in [-0.3, -0.25) is 0 Å². The van der Waals surface area contributed by atoms with E-state index in [1.165, 1.54) is 6.42 Å². The molecule has 0 fully saturated rings. The van der Waals surface area contributed by atoms with Gasteiger partial charge in [-0.2, -0.15) is 12.6 Å². The third kappa shape index (κ3) is 312. The second-order valence-electron chi connectivity index (χ2n) is 1.01. The Balaban J connectivity index is 0. The number of hydrogen-bond acceptors (Lipinski definition) is 2. The second kappa shape index (κ2) is 9.80. The lowest BCUT2D eigenvalue weighted by Crippen LogP contribution is -1.81. The summed E-state index contributed by atoms with van der Waals surface area (Å²) in [5, 5.41) is 13.9. The van der Waals surface area contributed by atoms with Crippen LogP contribution >= 0.6 is 12.6 Å². The lowest BCUT2D eigenvalue weighted by molar-refractivity contribution is 0.137. The molecule has 0 rings (SSSR count). The molecule has 4 heteroatoms.